The summed E-state index contributed by atoms with van der Waals surface area (Å²) in [5.74, 6) is 1.64. The molecule has 0 aliphatic heterocycles. The van der Waals surface area contributed by atoms with Gasteiger partial charge in [-0.2, -0.15) is 0 Å². The van der Waals surface area contributed by atoms with E-state index in [0.717, 1.165) is 38.6 Å². The van der Waals surface area contributed by atoms with Crippen molar-refractivity contribution in [3.8, 4) is 22.9 Å². The van der Waals surface area contributed by atoms with Crippen LogP contribution in [0, 0.1) is 0 Å². The SMILES string of the molecule is C=CC=C.c1ccc(-n2c3ccccc3c3c4ccccc4c4sc5c(-c6nc(-n7c8ccccc8c8c9ccccc9c9sc%10ccccc%10c9c87)c7c(n6)sc6ccccc67)cccc5c4c32)cc1. The average molecular weight is 959 g/mol. The second kappa shape index (κ2) is 15.5. The largest absolute Gasteiger partial charge is 0.309 e. The molecule has 0 unspecified atom stereocenters. The number of thiophene rings is 3. The fourth-order valence-corrected chi connectivity index (χ4v) is 15.1. The van der Waals surface area contributed by atoms with Gasteiger partial charge in [0.15, 0.2) is 11.6 Å². The molecule has 4 nitrogen and oxygen atoms in total. The van der Waals surface area contributed by atoms with Crippen LogP contribution in [0.4, 0.5) is 0 Å². The first-order chi connectivity index (χ1) is 35.2. The first-order valence-corrected chi connectivity index (χ1v) is 26.2. The number of hydrogen-bond acceptors (Lipinski definition) is 5. The number of allylic oxidation sites excluding steroid dienone is 2. The molecule has 16 rings (SSSR count). The molecule has 0 amide bonds. The first-order valence-electron chi connectivity index (χ1n) is 23.7. The number of rotatable bonds is 4. The zero-order chi connectivity index (χ0) is 46.9. The third kappa shape index (κ3) is 5.65. The summed E-state index contributed by atoms with van der Waals surface area (Å²) in [7, 11) is 0. The standard InChI is InChI=1S/C60H32N4S3.C4H6/c1-2-17-33(18-3-1)63-44-29-12-8-23-38(44)48-35-20-5-7-22-37(35)57-51(53(48)63)42-27-16-28-43(55(42)67-57)58-61-59(52-41-26-11-15-32-47(41)66-60(52)62-58)64-45-30-13-9-24-39(45)49-34-19-4-6-21-36(34)56-50(54(49)64)40-25-10-14-31-46(40)65-56;1-3-4-2/h1-32H;3-4H,1-2H2. The van der Waals surface area contributed by atoms with E-state index in [9.17, 15) is 0 Å². The molecule has 332 valence electrons. The molecule has 0 radical (unpaired) electrons. The van der Waals surface area contributed by atoms with Crippen molar-refractivity contribution in [1.29, 1.82) is 0 Å². The van der Waals surface area contributed by atoms with Crippen molar-refractivity contribution in [2.75, 3.05) is 0 Å². The van der Waals surface area contributed by atoms with Crippen molar-refractivity contribution in [3.05, 3.63) is 219 Å². The van der Waals surface area contributed by atoms with Gasteiger partial charge in [0.2, 0.25) is 0 Å². The molecule has 16 aromatic rings. The van der Waals surface area contributed by atoms with E-state index in [1.165, 1.54) is 110 Å². The fourth-order valence-electron chi connectivity index (χ4n) is 11.4. The highest BCUT2D eigenvalue weighted by Crippen LogP contribution is 2.52. The summed E-state index contributed by atoms with van der Waals surface area (Å²) >= 11 is 5.52. The maximum atomic E-state index is 5.90. The van der Waals surface area contributed by atoms with E-state index in [4.69, 9.17) is 9.97 Å². The second-order valence-electron chi connectivity index (χ2n) is 18.0. The molecule has 7 heteroatoms. The molecule has 6 aromatic heterocycles. The fraction of sp³-hybridized carbons (Fsp3) is 0. The first kappa shape index (κ1) is 40.4. The summed E-state index contributed by atoms with van der Waals surface area (Å²) in [6.45, 7) is 6.72. The van der Waals surface area contributed by atoms with E-state index in [1.54, 1.807) is 23.5 Å². The summed E-state index contributed by atoms with van der Waals surface area (Å²) in [5, 5.41) is 17.3. The van der Waals surface area contributed by atoms with Gasteiger partial charge in [-0.15, -0.1) is 34.0 Å². The summed E-state index contributed by atoms with van der Waals surface area (Å²) in [5.41, 5.74) is 6.94. The minimum atomic E-state index is 0.730. The lowest BCUT2D eigenvalue weighted by Gasteiger charge is -2.13. The van der Waals surface area contributed by atoms with Crippen LogP contribution in [0.25, 0.3) is 149 Å². The Labute approximate surface area is 418 Å². The summed E-state index contributed by atoms with van der Waals surface area (Å²) < 4.78 is 11.2. The minimum absolute atomic E-state index is 0.730. The lowest BCUT2D eigenvalue weighted by atomic mass is 9.99. The highest BCUT2D eigenvalue weighted by molar-refractivity contribution is 7.28. The lowest BCUT2D eigenvalue weighted by molar-refractivity contribution is 1.09. The van der Waals surface area contributed by atoms with Gasteiger partial charge in [0, 0.05) is 94.0 Å². The van der Waals surface area contributed by atoms with E-state index >= 15 is 0 Å². The Morgan fingerprint density at radius 2 is 0.831 bits per heavy atom. The van der Waals surface area contributed by atoms with Crippen LogP contribution in [-0.4, -0.2) is 19.1 Å². The summed E-state index contributed by atoms with van der Waals surface area (Å²) in [6.07, 6.45) is 3.28. The highest BCUT2D eigenvalue weighted by atomic mass is 32.1. The van der Waals surface area contributed by atoms with Crippen LogP contribution in [0.3, 0.4) is 0 Å². The van der Waals surface area contributed by atoms with Crippen LogP contribution in [0.15, 0.2) is 219 Å². The van der Waals surface area contributed by atoms with Crippen molar-refractivity contribution in [3.63, 3.8) is 0 Å². The van der Waals surface area contributed by atoms with Crippen LogP contribution < -0.4 is 0 Å². The quantitative estimate of drug-likeness (QED) is 0.165. The van der Waals surface area contributed by atoms with Gasteiger partial charge >= 0.3 is 0 Å². The Balaban J connectivity index is 0.00000109. The van der Waals surface area contributed by atoms with E-state index < -0.39 is 0 Å². The zero-order valence-corrected chi connectivity index (χ0v) is 40.5. The molecule has 0 fully saturated rings. The highest BCUT2D eigenvalue weighted by Gasteiger charge is 2.27. The topological polar surface area (TPSA) is 35.6 Å². The van der Waals surface area contributed by atoms with Crippen molar-refractivity contribution in [2.24, 2.45) is 0 Å². The van der Waals surface area contributed by atoms with Crippen LogP contribution in [0.5, 0.6) is 0 Å². The van der Waals surface area contributed by atoms with Crippen LogP contribution >= 0.6 is 34.0 Å². The van der Waals surface area contributed by atoms with Crippen molar-refractivity contribution < 1.29 is 0 Å². The van der Waals surface area contributed by atoms with Crippen molar-refractivity contribution >= 4 is 160 Å². The number of nitrogens with zero attached hydrogens (tertiary/aromatic N) is 4. The molecule has 10 aromatic carbocycles. The van der Waals surface area contributed by atoms with Gasteiger partial charge in [0.1, 0.15) is 4.83 Å². The Kier molecular flexibility index (Phi) is 8.84. The number of benzene rings is 10. The second-order valence-corrected chi connectivity index (χ2v) is 21.1. The maximum absolute atomic E-state index is 5.90. The Bertz CT molecular complexity index is 4920. The van der Waals surface area contributed by atoms with E-state index in [2.05, 4.69) is 216 Å². The molecule has 0 aliphatic carbocycles. The van der Waals surface area contributed by atoms with Crippen LogP contribution in [0.2, 0.25) is 0 Å². The van der Waals surface area contributed by atoms with E-state index in [-0.39, 0.29) is 0 Å². The monoisotopic (exact) mass is 958 g/mol. The Hall–Kier alpha value is -8.46. The maximum Gasteiger partial charge on any atom is 0.164 e. The third-order valence-corrected chi connectivity index (χ3v) is 17.8. The van der Waals surface area contributed by atoms with Gasteiger partial charge in [-0.3, -0.25) is 4.57 Å². The zero-order valence-electron chi connectivity index (χ0n) is 38.1. The molecule has 0 spiro atoms. The molecular weight excluding hydrogens is 921 g/mol. The molecule has 0 saturated heterocycles. The number of hydrogen-bond donors (Lipinski definition) is 0. The van der Waals surface area contributed by atoms with Crippen LogP contribution in [0.1, 0.15) is 0 Å². The molecule has 0 saturated carbocycles. The van der Waals surface area contributed by atoms with Gasteiger partial charge in [0.25, 0.3) is 0 Å². The predicted octanol–water partition coefficient (Wildman–Crippen LogP) is 19.1. The molecule has 0 N–H and O–H groups in total. The average Bonchev–Trinajstić information content (AvgIpc) is 4.26. The van der Waals surface area contributed by atoms with Gasteiger partial charge < -0.3 is 4.57 Å². The summed E-state index contributed by atoms with van der Waals surface area (Å²) in [4.78, 5) is 12.5. The third-order valence-electron chi connectivity index (χ3n) is 14.3. The van der Waals surface area contributed by atoms with Crippen molar-refractivity contribution in [2.45, 2.75) is 0 Å². The Morgan fingerprint density at radius 1 is 0.352 bits per heavy atom. The molecule has 0 bridgehead atoms. The molecule has 71 heavy (non-hydrogen) atoms. The molecule has 0 aliphatic rings. The van der Waals surface area contributed by atoms with E-state index in [1.807, 2.05) is 22.7 Å². The molecule has 6 heterocycles. The van der Waals surface area contributed by atoms with Gasteiger partial charge in [-0.05, 0) is 53.2 Å². The van der Waals surface area contributed by atoms with E-state index in [0.29, 0.717) is 0 Å². The smallest absolute Gasteiger partial charge is 0.164 e. The van der Waals surface area contributed by atoms with Gasteiger partial charge in [0.05, 0.1) is 27.5 Å². The van der Waals surface area contributed by atoms with Gasteiger partial charge in [-0.25, -0.2) is 9.97 Å². The van der Waals surface area contributed by atoms with Crippen LogP contribution in [-0.2, 0) is 0 Å². The lowest BCUT2D eigenvalue weighted by Crippen LogP contribution is -2.02. The van der Waals surface area contributed by atoms with Crippen molar-refractivity contribution in [1.82, 2.24) is 19.1 Å². The molecular formula is C64H38N4S3. The number of para-hydroxylation sites is 3. The normalized spacial score (nSPS) is 12.1. The predicted molar refractivity (Wildman–Crippen MR) is 310 cm³/mol. The summed E-state index contributed by atoms with van der Waals surface area (Å²) in [6, 6.07) is 71.0. The molecule has 0 atom stereocenters. The minimum Gasteiger partial charge on any atom is -0.309 e. The number of fused-ring (bicyclic) bond motifs is 23. The van der Waals surface area contributed by atoms with Gasteiger partial charge in [-0.1, -0.05) is 177 Å². The number of aromatic nitrogens is 4. The Morgan fingerprint density at radius 3 is 1.48 bits per heavy atom.